The smallest absolute Gasteiger partial charge is 0.200 e. The first-order chi connectivity index (χ1) is 11.2. The molecule has 0 aromatic carbocycles. The fourth-order valence-electron chi connectivity index (χ4n) is 2.70. The van der Waals surface area contributed by atoms with Gasteiger partial charge in [-0.25, -0.2) is 4.98 Å². The van der Waals surface area contributed by atoms with Crippen LogP contribution in [0.5, 0.6) is 0 Å². The van der Waals surface area contributed by atoms with E-state index >= 15 is 0 Å². The number of fused-ring (bicyclic) bond motifs is 1. The molecule has 120 valence electrons. The SMILES string of the molecule is CCC(Nc1cc(C2CC2)nn2cnnc12)c1nc(C)c(C)s1. The molecule has 6 nitrogen and oxygen atoms in total. The maximum absolute atomic E-state index is 4.71. The van der Waals surface area contributed by atoms with Crippen LogP contribution < -0.4 is 5.32 Å². The maximum atomic E-state index is 4.71. The van der Waals surface area contributed by atoms with Gasteiger partial charge in [-0.2, -0.15) is 9.61 Å². The van der Waals surface area contributed by atoms with E-state index in [2.05, 4.69) is 47.5 Å². The van der Waals surface area contributed by atoms with Crippen LogP contribution in [0.15, 0.2) is 12.4 Å². The normalized spacial score (nSPS) is 16.0. The van der Waals surface area contributed by atoms with Crippen molar-refractivity contribution in [3.63, 3.8) is 0 Å². The van der Waals surface area contributed by atoms with Crippen molar-refractivity contribution in [1.82, 2.24) is 24.8 Å². The zero-order valence-corrected chi connectivity index (χ0v) is 14.4. The van der Waals surface area contributed by atoms with Crippen LogP contribution >= 0.6 is 11.3 Å². The van der Waals surface area contributed by atoms with Crippen LogP contribution in [0.4, 0.5) is 5.69 Å². The van der Waals surface area contributed by atoms with Crippen molar-refractivity contribution in [3.8, 4) is 0 Å². The minimum Gasteiger partial charge on any atom is -0.373 e. The Morgan fingerprint density at radius 1 is 1.39 bits per heavy atom. The number of nitrogens with zero attached hydrogens (tertiary/aromatic N) is 5. The van der Waals surface area contributed by atoms with Gasteiger partial charge in [-0.05, 0) is 39.2 Å². The molecule has 7 heteroatoms. The van der Waals surface area contributed by atoms with Crippen LogP contribution in [-0.2, 0) is 0 Å². The fraction of sp³-hybridized carbons (Fsp3) is 0.500. The molecular formula is C16H20N6S. The van der Waals surface area contributed by atoms with Gasteiger partial charge in [-0.3, -0.25) is 0 Å². The highest BCUT2D eigenvalue weighted by Gasteiger charge is 2.27. The molecule has 0 saturated heterocycles. The number of rotatable bonds is 5. The molecule has 1 N–H and O–H groups in total. The van der Waals surface area contributed by atoms with Gasteiger partial charge in [0.2, 0.25) is 5.65 Å². The lowest BCUT2D eigenvalue weighted by Gasteiger charge is -2.16. The van der Waals surface area contributed by atoms with Crippen molar-refractivity contribution in [2.45, 2.75) is 52.0 Å². The van der Waals surface area contributed by atoms with Gasteiger partial charge < -0.3 is 5.32 Å². The topological polar surface area (TPSA) is 68.0 Å². The number of nitrogens with one attached hydrogen (secondary N) is 1. The Morgan fingerprint density at radius 3 is 2.87 bits per heavy atom. The third-order valence-electron chi connectivity index (χ3n) is 4.36. The highest BCUT2D eigenvalue weighted by molar-refractivity contribution is 7.11. The quantitative estimate of drug-likeness (QED) is 0.774. The molecule has 0 amide bonds. The van der Waals surface area contributed by atoms with Crippen LogP contribution in [0.25, 0.3) is 5.65 Å². The summed E-state index contributed by atoms with van der Waals surface area (Å²) in [4.78, 5) is 5.99. The summed E-state index contributed by atoms with van der Waals surface area (Å²) in [7, 11) is 0. The van der Waals surface area contributed by atoms with Crippen LogP contribution in [0, 0.1) is 13.8 Å². The molecule has 1 fully saturated rings. The van der Waals surface area contributed by atoms with Gasteiger partial charge in [0.15, 0.2) is 0 Å². The molecule has 23 heavy (non-hydrogen) atoms. The molecule has 1 aliphatic rings. The van der Waals surface area contributed by atoms with E-state index in [-0.39, 0.29) is 6.04 Å². The molecule has 4 rings (SSSR count). The third-order valence-corrected chi connectivity index (χ3v) is 5.55. The van der Waals surface area contributed by atoms with Crippen molar-refractivity contribution in [1.29, 1.82) is 0 Å². The summed E-state index contributed by atoms with van der Waals surface area (Å²) in [5.74, 6) is 0.590. The van der Waals surface area contributed by atoms with E-state index in [1.807, 2.05) is 0 Å². The molecule has 0 aliphatic heterocycles. The largest absolute Gasteiger partial charge is 0.373 e. The Labute approximate surface area is 139 Å². The Hall–Kier alpha value is -2.02. The van der Waals surface area contributed by atoms with E-state index in [0.29, 0.717) is 5.92 Å². The van der Waals surface area contributed by atoms with Crippen LogP contribution in [-0.4, -0.2) is 24.8 Å². The summed E-state index contributed by atoms with van der Waals surface area (Å²) in [6.07, 6.45) is 5.09. The predicted octanol–water partition coefficient (Wildman–Crippen LogP) is 3.64. The standard InChI is InChI=1S/C16H20N6S/c1-4-12(16-18-9(2)10(3)23-16)19-14-7-13(11-5-6-11)21-22-8-17-20-15(14)22/h7-8,11-12,19H,4-6H2,1-3H3. The second-order valence-electron chi connectivity index (χ2n) is 6.16. The molecule has 0 bridgehead atoms. The Balaban J connectivity index is 1.71. The zero-order chi connectivity index (χ0) is 16.0. The van der Waals surface area contributed by atoms with Crippen LogP contribution in [0.2, 0.25) is 0 Å². The highest BCUT2D eigenvalue weighted by atomic mass is 32.1. The summed E-state index contributed by atoms with van der Waals surface area (Å²) >= 11 is 1.76. The summed E-state index contributed by atoms with van der Waals surface area (Å²) in [5.41, 5.74) is 4.02. The van der Waals surface area contributed by atoms with Crippen molar-refractivity contribution in [2.24, 2.45) is 0 Å². The molecule has 0 radical (unpaired) electrons. The first-order valence-electron chi connectivity index (χ1n) is 8.07. The second kappa shape index (κ2) is 5.56. The third kappa shape index (κ3) is 2.69. The zero-order valence-electron chi connectivity index (χ0n) is 13.6. The van der Waals surface area contributed by atoms with Gasteiger partial charge in [-0.15, -0.1) is 21.5 Å². The Bertz CT molecular complexity index is 828. The molecule has 1 unspecified atom stereocenters. The van der Waals surface area contributed by atoms with Gasteiger partial charge in [0.1, 0.15) is 11.3 Å². The maximum Gasteiger partial charge on any atom is 0.200 e. The van der Waals surface area contributed by atoms with E-state index in [9.17, 15) is 0 Å². The van der Waals surface area contributed by atoms with Crippen molar-refractivity contribution < 1.29 is 0 Å². The monoisotopic (exact) mass is 328 g/mol. The Morgan fingerprint density at radius 2 is 2.22 bits per heavy atom. The lowest BCUT2D eigenvalue weighted by Crippen LogP contribution is -2.12. The summed E-state index contributed by atoms with van der Waals surface area (Å²) in [6, 6.07) is 2.32. The molecule has 1 atom stereocenters. The van der Waals surface area contributed by atoms with Crippen molar-refractivity contribution in [3.05, 3.63) is 33.7 Å². The number of aryl methyl sites for hydroxylation is 2. The van der Waals surface area contributed by atoms with Crippen molar-refractivity contribution in [2.75, 3.05) is 5.32 Å². The molecule has 3 aromatic heterocycles. The van der Waals surface area contributed by atoms with Gasteiger partial charge in [0.25, 0.3) is 0 Å². The molecular weight excluding hydrogens is 308 g/mol. The fourth-order valence-corrected chi connectivity index (χ4v) is 3.76. The lowest BCUT2D eigenvalue weighted by molar-refractivity contribution is 0.737. The average Bonchev–Trinajstić information content (AvgIpc) is 3.19. The van der Waals surface area contributed by atoms with Crippen LogP contribution in [0.3, 0.4) is 0 Å². The van der Waals surface area contributed by atoms with E-state index < -0.39 is 0 Å². The number of aromatic nitrogens is 5. The molecule has 1 aliphatic carbocycles. The minimum atomic E-state index is 0.183. The van der Waals surface area contributed by atoms with Crippen LogP contribution in [0.1, 0.15) is 59.4 Å². The number of thiazole rings is 1. The van der Waals surface area contributed by atoms with Gasteiger partial charge in [0.05, 0.1) is 23.1 Å². The highest BCUT2D eigenvalue weighted by Crippen LogP contribution is 2.40. The van der Waals surface area contributed by atoms with E-state index in [4.69, 9.17) is 4.98 Å². The molecule has 3 aromatic rings. The summed E-state index contributed by atoms with van der Waals surface area (Å²) in [5, 5.41) is 17.6. The second-order valence-corrected chi connectivity index (χ2v) is 7.39. The summed E-state index contributed by atoms with van der Waals surface area (Å²) in [6.45, 7) is 6.36. The first-order valence-corrected chi connectivity index (χ1v) is 8.88. The number of hydrogen-bond acceptors (Lipinski definition) is 6. The average molecular weight is 328 g/mol. The van der Waals surface area contributed by atoms with Gasteiger partial charge in [-0.1, -0.05) is 6.92 Å². The molecule has 3 heterocycles. The lowest BCUT2D eigenvalue weighted by atomic mass is 10.2. The van der Waals surface area contributed by atoms with E-state index in [0.717, 1.165) is 34.2 Å². The Kier molecular flexibility index (Phi) is 3.52. The molecule has 1 saturated carbocycles. The van der Waals surface area contributed by atoms with E-state index in [1.54, 1.807) is 22.2 Å². The predicted molar refractivity (Wildman–Crippen MR) is 91.0 cm³/mol. The minimum absolute atomic E-state index is 0.183. The number of anilines is 1. The van der Waals surface area contributed by atoms with Crippen molar-refractivity contribution >= 4 is 22.7 Å². The van der Waals surface area contributed by atoms with Gasteiger partial charge in [0, 0.05) is 10.8 Å². The first kappa shape index (κ1) is 14.6. The van der Waals surface area contributed by atoms with Gasteiger partial charge >= 0.3 is 0 Å². The number of hydrogen-bond donors (Lipinski definition) is 1. The van der Waals surface area contributed by atoms with E-state index in [1.165, 1.54) is 17.7 Å². The summed E-state index contributed by atoms with van der Waals surface area (Å²) < 4.78 is 1.78. The molecule has 0 spiro atoms.